The second-order valence-electron chi connectivity index (χ2n) is 4.82. The molecule has 0 bridgehead atoms. The fraction of sp³-hybridized carbons (Fsp3) is 0.812. The van der Waals surface area contributed by atoms with Crippen LogP contribution in [-0.2, 0) is 0 Å². The number of carboxylic acid groups (broad SMARTS) is 2. The first-order valence-electron chi connectivity index (χ1n) is 7.88. The van der Waals surface area contributed by atoms with Crippen molar-refractivity contribution in [2.45, 2.75) is 59.0 Å². The first-order chi connectivity index (χ1) is 12.2. The Labute approximate surface area is 161 Å². The van der Waals surface area contributed by atoms with Crippen molar-refractivity contribution in [1.82, 2.24) is 0 Å². The quantitative estimate of drug-likeness (QED) is 0.250. The molecule has 0 aliphatic carbocycles. The van der Waals surface area contributed by atoms with Crippen LogP contribution in [0.3, 0.4) is 0 Å². The summed E-state index contributed by atoms with van der Waals surface area (Å²) in [4.78, 5) is 8.56. The molecule has 11 nitrogen and oxygen atoms in total. The van der Waals surface area contributed by atoms with Gasteiger partial charge < -0.3 is 51.1 Å². The molecule has 0 aromatic heterocycles. The van der Waals surface area contributed by atoms with Crippen LogP contribution in [0, 0.1) is 0 Å². The molecule has 0 aliphatic rings. The van der Waals surface area contributed by atoms with E-state index in [0.29, 0.717) is 0 Å². The number of aliphatic hydroxyl groups is 8. The molecule has 0 radical (unpaired) electrons. The lowest BCUT2D eigenvalue weighted by atomic mass is 10.5. The Morgan fingerprint density at radius 1 is 0.704 bits per heavy atom. The third-order valence-electron chi connectivity index (χ3n) is 1.06. The van der Waals surface area contributed by atoms with Crippen LogP contribution >= 0.6 is 0 Å². The maximum atomic E-state index is 8.56. The van der Waals surface area contributed by atoms with Crippen molar-refractivity contribution in [2.75, 3.05) is 26.4 Å². The summed E-state index contributed by atoms with van der Waals surface area (Å²) in [6.45, 7) is 10.8. The predicted octanol–water partition coefficient (Wildman–Crippen LogP) is -1.15. The highest BCUT2D eigenvalue weighted by molar-refractivity contribution is 5.53. The molecular formula is C16H40O11. The molecule has 11 heteroatoms. The van der Waals surface area contributed by atoms with Gasteiger partial charge in [0.05, 0.1) is 50.8 Å². The van der Waals surface area contributed by atoms with Crippen LogP contribution in [0.5, 0.6) is 0 Å². The summed E-state index contributed by atoms with van der Waals surface area (Å²) in [5, 5.41) is 78.0. The van der Waals surface area contributed by atoms with Gasteiger partial charge in [0.25, 0.3) is 0 Å². The average Bonchev–Trinajstić information content (AvgIpc) is 2.56. The van der Waals surface area contributed by atoms with Gasteiger partial charge in [-0.3, -0.25) is 0 Å². The zero-order valence-corrected chi connectivity index (χ0v) is 16.8. The molecule has 170 valence electrons. The third kappa shape index (κ3) is 284. The summed E-state index contributed by atoms with van der Waals surface area (Å²) in [6.07, 6.45) is -2.32. The van der Waals surface area contributed by atoms with E-state index in [-0.39, 0.29) is 26.4 Å². The van der Waals surface area contributed by atoms with Crippen molar-refractivity contribution in [3.8, 4) is 0 Å². The van der Waals surface area contributed by atoms with Crippen molar-refractivity contribution in [1.29, 1.82) is 0 Å². The fourth-order valence-electron chi connectivity index (χ4n) is 0. The monoisotopic (exact) mass is 408 g/mol. The summed E-state index contributed by atoms with van der Waals surface area (Å²) in [5.41, 5.74) is 0. The summed E-state index contributed by atoms with van der Waals surface area (Å²) in [5.74, 6) is 0. The molecule has 0 saturated carbocycles. The van der Waals surface area contributed by atoms with Crippen LogP contribution in [0.25, 0.3) is 0 Å². The number of hydrogen-bond donors (Lipinski definition) is 10. The molecule has 0 aromatic carbocycles. The van der Waals surface area contributed by atoms with E-state index in [2.05, 4.69) is 6.58 Å². The van der Waals surface area contributed by atoms with Crippen molar-refractivity contribution in [3.05, 3.63) is 12.7 Å². The zero-order valence-electron chi connectivity index (χ0n) is 16.8. The minimum atomic E-state index is -1.83. The summed E-state index contributed by atoms with van der Waals surface area (Å²) in [7, 11) is 0. The second kappa shape index (κ2) is 39.7. The minimum absolute atomic E-state index is 0.139. The highest BCUT2D eigenvalue weighted by atomic mass is 16.6. The average molecular weight is 408 g/mol. The molecule has 4 atom stereocenters. The van der Waals surface area contributed by atoms with Crippen LogP contribution in [0.1, 0.15) is 34.6 Å². The molecule has 0 amide bonds. The van der Waals surface area contributed by atoms with E-state index in [9.17, 15) is 0 Å². The van der Waals surface area contributed by atoms with E-state index in [4.69, 9.17) is 55.9 Å². The Bertz CT molecular complexity index is 209. The Morgan fingerprint density at radius 2 is 0.741 bits per heavy atom. The van der Waals surface area contributed by atoms with Gasteiger partial charge in [-0.05, 0) is 34.6 Å². The van der Waals surface area contributed by atoms with E-state index >= 15 is 0 Å². The Balaban J connectivity index is -0.0000000494. The Hall–Kier alpha value is -1.31. The highest BCUT2D eigenvalue weighted by Gasteiger charge is 1.84. The van der Waals surface area contributed by atoms with Crippen molar-refractivity contribution in [3.63, 3.8) is 0 Å². The number of aliphatic hydroxyl groups excluding tert-OH is 8. The molecule has 0 spiro atoms. The lowest BCUT2D eigenvalue weighted by Crippen LogP contribution is -2.03. The van der Waals surface area contributed by atoms with Gasteiger partial charge in [0, 0.05) is 0 Å². The van der Waals surface area contributed by atoms with Gasteiger partial charge in [0.15, 0.2) is 0 Å². The molecule has 0 aliphatic heterocycles. The third-order valence-corrected chi connectivity index (χ3v) is 1.06. The molecule has 0 heterocycles. The fourth-order valence-corrected chi connectivity index (χ4v) is 0. The summed E-state index contributed by atoms with van der Waals surface area (Å²) in [6, 6.07) is 0. The van der Waals surface area contributed by atoms with Crippen molar-refractivity contribution < 1.29 is 55.9 Å². The molecule has 0 rings (SSSR count). The maximum absolute atomic E-state index is 8.56. The van der Waals surface area contributed by atoms with Gasteiger partial charge in [0.1, 0.15) is 0 Å². The lowest BCUT2D eigenvalue weighted by molar-refractivity contribution is 0.110. The molecule has 4 unspecified atom stereocenters. The van der Waals surface area contributed by atoms with Gasteiger partial charge >= 0.3 is 6.16 Å². The van der Waals surface area contributed by atoms with E-state index in [0.717, 1.165) is 0 Å². The molecule has 0 saturated heterocycles. The van der Waals surface area contributed by atoms with Crippen LogP contribution in [0.2, 0.25) is 0 Å². The number of rotatable bonds is 4. The molecule has 27 heavy (non-hydrogen) atoms. The topological polar surface area (TPSA) is 219 Å². The Kier molecular flexibility index (Phi) is 59.3. The number of hydrogen-bond acceptors (Lipinski definition) is 9. The highest BCUT2D eigenvalue weighted by Crippen LogP contribution is 1.70. The van der Waals surface area contributed by atoms with E-state index in [1.54, 1.807) is 6.08 Å². The molecule has 10 N–H and O–H groups in total. The SMILES string of the molecule is C=CC.CC(O)CO.CC(O)CO.CC(O)CO.CC(O)CO.O=C(O)O. The molecule has 0 aromatic rings. The van der Waals surface area contributed by atoms with Gasteiger partial charge in [0.2, 0.25) is 0 Å². The van der Waals surface area contributed by atoms with E-state index in [1.807, 2.05) is 6.92 Å². The van der Waals surface area contributed by atoms with Crippen LogP contribution < -0.4 is 0 Å². The second-order valence-corrected chi connectivity index (χ2v) is 4.82. The van der Waals surface area contributed by atoms with Gasteiger partial charge in [-0.1, -0.05) is 6.08 Å². The number of allylic oxidation sites excluding steroid dienone is 1. The van der Waals surface area contributed by atoms with Crippen molar-refractivity contribution >= 4 is 6.16 Å². The summed E-state index contributed by atoms with van der Waals surface area (Å²) < 4.78 is 0. The largest absolute Gasteiger partial charge is 0.503 e. The van der Waals surface area contributed by atoms with Gasteiger partial charge in [-0.15, -0.1) is 6.58 Å². The molecule has 0 fully saturated rings. The first kappa shape index (κ1) is 40.4. The minimum Gasteiger partial charge on any atom is -0.450 e. The molecular weight excluding hydrogens is 368 g/mol. The van der Waals surface area contributed by atoms with E-state index < -0.39 is 30.6 Å². The lowest BCUT2D eigenvalue weighted by Gasteiger charge is -1.90. The summed E-state index contributed by atoms with van der Waals surface area (Å²) >= 11 is 0. The van der Waals surface area contributed by atoms with Crippen molar-refractivity contribution in [2.24, 2.45) is 0 Å². The van der Waals surface area contributed by atoms with Gasteiger partial charge in [-0.25, -0.2) is 4.79 Å². The predicted molar refractivity (Wildman–Crippen MR) is 102 cm³/mol. The Morgan fingerprint density at radius 3 is 0.741 bits per heavy atom. The number of carbonyl (C=O) groups is 1. The van der Waals surface area contributed by atoms with Crippen LogP contribution in [0.15, 0.2) is 12.7 Å². The van der Waals surface area contributed by atoms with Gasteiger partial charge in [-0.2, -0.15) is 0 Å². The zero-order chi connectivity index (χ0) is 23.4. The first-order valence-corrected chi connectivity index (χ1v) is 7.88. The smallest absolute Gasteiger partial charge is 0.450 e. The van der Waals surface area contributed by atoms with Crippen LogP contribution in [0.4, 0.5) is 4.79 Å². The normalized spacial score (nSPS) is 12.5. The standard InChI is InChI=1S/4C3H8O2.C3H6.CH2O3/c4*1-3(5)2-4;1-3-2;2-1(3)4/h4*3-5H,2H2,1H3;3H,1H2,2H3;(H2,2,3,4). The van der Waals surface area contributed by atoms with E-state index in [1.165, 1.54) is 27.7 Å². The van der Waals surface area contributed by atoms with Crippen LogP contribution in [-0.4, -0.2) is 108 Å². The maximum Gasteiger partial charge on any atom is 0.503 e.